The second-order valence-electron chi connectivity index (χ2n) is 5.81. The number of carbonyl (C=O) groups is 1. The van der Waals surface area contributed by atoms with E-state index in [4.69, 9.17) is 5.73 Å². The minimum Gasteiger partial charge on any atom is -0.379 e. The zero-order chi connectivity index (χ0) is 16.2. The lowest BCUT2D eigenvalue weighted by Crippen LogP contribution is -2.41. The van der Waals surface area contributed by atoms with Crippen molar-refractivity contribution in [3.8, 4) is 0 Å². The fourth-order valence-corrected chi connectivity index (χ4v) is 3.49. The monoisotopic (exact) mass is 331 g/mol. The Morgan fingerprint density at radius 1 is 1.48 bits per heavy atom. The second-order valence-corrected chi connectivity index (χ2v) is 6.75. The van der Waals surface area contributed by atoms with E-state index < -0.39 is 0 Å². The first-order chi connectivity index (χ1) is 11.1. The summed E-state index contributed by atoms with van der Waals surface area (Å²) in [5.41, 5.74) is 9.33. The fourth-order valence-electron chi connectivity index (χ4n) is 2.77. The molecular formula is C16H21N5OS. The minimum absolute atomic E-state index is 0.0716. The molecule has 3 rings (SSSR count). The molecule has 0 saturated carbocycles. The largest absolute Gasteiger partial charge is 0.379 e. The molecule has 2 aromatic rings. The van der Waals surface area contributed by atoms with Gasteiger partial charge in [-0.1, -0.05) is 0 Å². The molecule has 6 nitrogen and oxygen atoms in total. The van der Waals surface area contributed by atoms with Gasteiger partial charge in [-0.3, -0.25) is 4.79 Å². The van der Waals surface area contributed by atoms with Gasteiger partial charge in [0.15, 0.2) is 0 Å². The predicted molar refractivity (Wildman–Crippen MR) is 92.5 cm³/mol. The van der Waals surface area contributed by atoms with Crippen molar-refractivity contribution in [1.29, 1.82) is 0 Å². The van der Waals surface area contributed by atoms with Crippen molar-refractivity contribution in [2.45, 2.75) is 26.3 Å². The Kier molecular flexibility index (Phi) is 4.76. The molecule has 0 radical (unpaired) electrons. The molecule has 0 bridgehead atoms. The number of carbonyl (C=O) groups excluding carboxylic acids is 1. The summed E-state index contributed by atoms with van der Waals surface area (Å²) in [7, 11) is 0. The molecule has 1 aliphatic rings. The van der Waals surface area contributed by atoms with Crippen molar-refractivity contribution in [2.24, 2.45) is 11.7 Å². The van der Waals surface area contributed by atoms with Gasteiger partial charge in [0.25, 0.3) is 0 Å². The number of amides is 1. The molecule has 1 unspecified atom stereocenters. The van der Waals surface area contributed by atoms with Gasteiger partial charge >= 0.3 is 0 Å². The molecule has 7 heteroatoms. The van der Waals surface area contributed by atoms with Crippen LogP contribution in [0.15, 0.2) is 23.8 Å². The van der Waals surface area contributed by atoms with Crippen molar-refractivity contribution in [3.05, 3.63) is 34.4 Å². The fraction of sp³-hybridized carbons (Fsp3) is 0.438. The van der Waals surface area contributed by atoms with Crippen LogP contribution in [0.25, 0.3) is 0 Å². The lowest BCUT2D eigenvalue weighted by atomic mass is 9.97. The standard InChI is InChI=1S/C16H21N5OS/c1-11-14(23-10-20-11)8-18-13-4-5-15(19-7-13)21-6-2-3-12(9-21)16(17)22/h4-5,7,10,12,18H,2-3,6,8-9H2,1H3,(H2,17,22). The Balaban J connectivity index is 1.60. The van der Waals surface area contributed by atoms with E-state index in [0.717, 1.165) is 43.1 Å². The molecule has 1 saturated heterocycles. The number of nitrogens with one attached hydrogen (secondary N) is 1. The van der Waals surface area contributed by atoms with E-state index in [2.05, 4.69) is 20.2 Å². The number of aryl methyl sites for hydroxylation is 1. The van der Waals surface area contributed by atoms with Crippen LogP contribution in [0.1, 0.15) is 23.4 Å². The molecule has 2 aromatic heterocycles. The van der Waals surface area contributed by atoms with Crippen LogP contribution in [0.5, 0.6) is 0 Å². The number of anilines is 2. The van der Waals surface area contributed by atoms with Crippen LogP contribution in [0.2, 0.25) is 0 Å². The van der Waals surface area contributed by atoms with E-state index in [1.54, 1.807) is 11.3 Å². The van der Waals surface area contributed by atoms with E-state index in [1.807, 2.05) is 30.8 Å². The third-order valence-corrected chi connectivity index (χ3v) is 5.13. The summed E-state index contributed by atoms with van der Waals surface area (Å²) in [6, 6.07) is 4.01. The van der Waals surface area contributed by atoms with E-state index in [1.165, 1.54) is 4.88 Å². The lowest BCUT2D eigenvalue weighted by molar-refractivity contribution is -0.122. The summed E-state index contributed by atoms with van der Waals surface area (Å²) in [5.74, 6) is 0.612. The van der Waals surface area contributed by atoms with Crippen molar-refractivity contribution in [3.63, 3.8) is 0 Å². The van der Waals surface area contributed by atoms with Gasteiger partial charge in [0.05, 0.1) is 35.6 Å². The van der Waals surface area contributed by atoms with Crippen LogP contribution < -0.4 is 16.0 Å². The summed E-state index contributed by atoms with van der Waals surface area (Å²) in [4.78, 5) is 23.5. The normalized spacial score (nSPS) is 18.0. The van der Waals surface area contributed by atoms with Gasteiger partial charge in [0.1, 0.15) is 5.82 Å². The number of thiazole rings is 1. The lowest BCUT2D eigenvalue weighted by Gasteiger charge is -2.32. The Morgan fingerprint density at radius 2 is 2.35 bits per heavy atom. The maximum Gasteiger partial charge on any atom is 0.222 e. The number of nitrogens with zero attached hydrogens (tertiary/aromatic N) is 3. The number of hydrogen-bond acceptors (Lipinski definition) is 6. The molecule has 1 fully saturated rings. The third kappa shape index (κ3) is 3.79. The highest BCUT2D eigenvalue weighted by molar-refractivity contribution is 7.09. The highest BCUT2D eigenvalue weighted by atomic mass is 32.1. The first kappa shape index (κ1) is 15.7. The second kappa shape index (κ2) is 6.95. The van der Waals surface area contributed by atoms with Crippen LogP contribution in [-0.4, -0.2) is 29.0 Å². The first-order valence-electron chi connectivity index (χ1n) is 7.76. The van der Waals surface area contributed by atoms with Crippen LogP contribution in [0.3, 0.4) is 0 Å². The van der Waals surface area contributed by atoms with Crippen LogP contribution in [-0.2, 0) is 11.3 Å². The van der Waals surface area contributed by atoms with Crippen molar-refractivity contribution in [1.82, 2.24) is 9.97 Å². The number of primary amides is 1. The van der Waals surface area contributed by atoms with Crippen molar-refractivity contribution in [2.75, 3.05) is 23.3 Å². The summed E-state index contributed by atoms with van der Waals surface area (Å²) in [6.45, 7) is 4.35. The SMILES string of the molecule is Cc1ncsc1CNc1ccc(N2CCCC(C(N)=O)C2)nc1. The third-order valence-electron chi connectivity index (χ3n) is 4.19. The molecule has 0 aliphatic carbocycles. The molecule has 1 aliphatic heterocycles. The molecule has 3 heterocycles. The van der Waals surface area contributed by atoms with E-state index in [-0.39, 0.29) is 11.8 Å². The Hall–Kier alpha value is -2.15. The highest BCUT2D eigenvalue weighted by Gasteiger charge is 2.24. The van der Waals surface area contributed by atoms with Crippen LogP contribution >= 0.6 is 11.3 Å². The van der Waals surface area contributed by atoms with Crippen molar-refractivity contribution >= 4 is 28.7 Å². The molecule has 0 spiro atoms. The quantitative estimate of drug-likeness (QED) is 0.877. The highest BCUT2D eigenvalue weighted by Crippen LogP contribution is 2.23. The average molecular weight is 331 g/mol. The number of rotatable bonds is 5. The van der Waals surface area contributed by atoms with E-state index in [0.29, 0.717) is 6.54 Å². The zero-order valence-corrected chi connectivity index (χ0v) is 14.0. The maximum atomic E-state index is 11.4. The van der Waals surface area contributed by atoms with E-state index in [9.17, 15) is 4.79 Å². The molecule has 23 heavy (non-hydrogen) atoms. The van der Waals surface area contributed by atoms with Crippen LogP contribution in [0.4, 0.5) is 11.5 Å². The summed E-state index contributed by atoms with van der Waals surface area (Å²) < 4.78 is 0. The number of hydrogen-bond donors (Lipinski definition) is 2. The smallest absolute Gasteiger partial charge is 0.222 e. The molecule has 0 aromatic carbocycles. The van der Waals surface area contributed by atoms with Gasteiger partial charge in [-0.05, 0) is 31.9 Å². The van der Waals surface area contributed by atoms with Crippen LogP contribution in [0, 0.1) is 12.8 Å². The molecule has 122 valence electrons. The number of piperidine rings is 1. The molecule has 1 atom stereocenters. The topological polar surface area (TPSA) is 84.1 Å². The van der Waals surface area contributed by atoms with Gasteiger partial charge in [0, 0.05) is 18.0 Å². The van der Waals surface area contributed by atoms with Gasteiger partial charge in [-0.2, -0.15) is 0 Å². The van der Waals surface area contributed by atoms with Gasteiger partial charge < -0.3 is 16.0 Å². The summed E-state index contributed by atoms with van der Waals surface area (Å²) in [5, 5.41) is 3.36. The number of nitrogens with two attached hydrogens (primary N) is 1. The average Bonchev–Trinajstić information content (AvgIpc) is 2.98. The van der Waals surface area contributed by atoms with Gasteiger partial charge in [-0.25, -0.2) is 9.97 Å². The number of pyridine rings is 1. The van der Waals surface area contributed by atoms with Gasteiger partial charge in [-0.15, -0.1) is 11.3 Å². The summed E-state index contributed by atoms with van der Waals surface area (Å²) in [6.07, 6.45) is 3.68. The maximum absolute atomic E-state index is 11.4. The zero-order valence-electron chi connectivity index (χ0n) is 13.2. The Morgan fingerprint density at radius 3 is 3.00 bits per heavy atom. The minimum atomic E-state index is -0.215. The summed E-state index contributed by atoms with van der Waals surface area (Å²) >= 11 is 1.65. The Labute approximate surface area is 139 Å². The molecule has 1 amide bonds. The molecular weight excluding hydrogens is 310 g/mol. The Bertz CT molecular complexity index is 669. The van der Waals surface area contributed by atoms with Gasteiger partial charge in [0.2, 0.25) is 5.91 Å². The number of aromatic nitrogens is 2. The van der Waals surface area contributed by atoms with E-state index >= 15 is 0 Å². The van der Waals surface area contributed by atoms with Crippen molar-refractivity contribution < 1.29 is 4.79 Å². The molecule has 3 N–H and O–H groups in total. The first-order valence-corrected chi connectivity index (χ1v) is 8.64. The predicted octanol–water partition coefficient (Wildman–Crippen LogP) is 2.16.